The van der Waals surface area contributed by atoms with Gasteiger partial charge in [-0.05, 0) is 25.0 Å². The Hall–Kier alpha value is -2.30. The largest absolute Gasteiger partial charge is 0.493 e. The minimum atomic E-state index is 0. The van der Waals surface area contributed by atoms with Gasteiger partial charge < -0.3 is 19.9 Å². The van der Waals surface area contributed by atoms with Crippen molar-refractivity contribution in [1.82, 2.24) is 20.0 Å². The van der Waals surface area contributed by atoms with Crippen LogP contribution in [0.25, 0.3) is 0 Å². The van der Waals surface area contributed by atoms with Crippen LogP contribution in [0.15, 0.2) is 41.7 Å². The first-order valence-corrected chi connectivity index (χ1v) is 9.51. The van der Waals surface area contributed by atoms with E-state index in [1.54, 1.807) is 22.8 Å². The Morgan fingerprint density at radius 1 is 1.31 bits per heavy atom. The molecule has 1 aliphatic rings. The van der Waals surface area contributed by atoms with Gasteiger partial charge >= 0.3 is 0 Å². The number of carbonyl (C=O) groups excluding carboxylic acids is 1. The number of guanidine groups is 1. The van der Waals surface area contributed by atoms with Crippen LogP contribution in [0, 0.1) is 6.92 Å². The molecule has 9 heteroatoms. The van der Waals surface area contributed by atoms with Crippen LogP contribution in [0.4, 0.5) is 5.69 Å². The number of halogens is 1. The highest BCUT2D eigenvalue weighted by atomic mass is 127. The van der Waals surface area contributed by atoms with Crippen molar-refractivity contribution in [2.24, 2.45) is 12.0 Å². The smallest absolute Gasteiger partial charge is 0.246 e. The number of aliphatic imine (C=N–C) groups is 1. The third kappa shape index (κ3) is 6.09. The van der Waals surface area contributed by atoms with Gasteiger partial charge in [0.05, 0.1) is 18.5 Å². The second-order valence-corrected chi connectivity index (χ2v) is 6.78. The summed E-state index contributed by atoms with van der Waals surface area (Å²) >= 11 is 0. The summed E-state index contributed by atoms with van der Waals surface area (Å²) in [5.74, 6) is 1.71. The zero-order valence-electron chi connectivity index (χ0n) is 17.2. The molecular formula is C20H29IN6O2. The molecule has 0 saturated carbocycles. The fraction of sp³-hybridized carbons (Fsp3) is 0.450. The molecule has 1 aromatic heterocycles. The number of aryl methyl sites for hydroxylation is 2. The highest BCUT2D eigenvalue weighted by Gasteiger charge is 2.27. The van der Waals surface area contributed by atoms with Crippen molar-refractivity contribution in [3.63, 3.8) is 0 Å². The first kappa shape index (κ1) is 23.0. The number of hydrogen-bond donors (Lipinski definition) is 1. The second-order valence-electron chi connectivity index (χ2n) is 6.78. The van der Waals surface area contributed by atoms with E-state index >= 15 is 0 Å². The average molecular weight is 512 g/mol. The normalized spacial score (nSPS) is 14.6. The van der Waals surface area contributed by atoms with E-state index in [2.05, 4.69) is 15.4 Å². The number of nitrogens with zero attached hydrogens (tertiary/aromatic N) is 5. The molecule has 0 radical (unpaired) electrons. The number of para-hydroxylation sites is 1. The summed E-state index contributed by atoms with van der Waals surface area (Å²) in [5.41, 5.74) is 1.97. The van der Waals surface area contributed by atoms with Gasteiger partial charge in [-0.2, -0.15) is 5.10 Å². The van der Waals surface area contributed by atoms with E-state index in [1.165, 1.54) is 0 Å². The van der Waals surface area contributed by atoms with Crippen LogP contribution in [-0.2, 0) is 11.8 Å². The maximum absolute atomic E-state index is 12.5. The van der Waals surface area contributed by atoms with E-state index in [4.69, 9.17) is 4.74 Å². The van der Waals surface area contributed by atoms with Gasteiger partial charge in [-0.3, -0.25) is 14.5 Å². The van der Waals surface area contributed by atoms with Crippen molar-refractivity contribution >= 4 is 41.5 Å². The highest BCUT2D eigenvalue weighted by Crippen LogP contribution is 2.17. The van der Waals surface area contributed by atoms with Gasteiger partial charge in [0.25, 0.3) is 0 Å². The topological polar surface area (TPSA) is 75.0 Å². The molecule has 0 spiro atoms. The SMILES string of the molecule is CN=C(NCCCOc1ccccc1C)N1CCN(c2cnn(C)c2)C(=O)C1.I. The number of amides is 1. The van der Waals surface area contributed by atoms with Crippen LogP contribution in [0.5, 0.6) is 5.75 Å². The molecular weight excluding hydrogens is 483 g/mol. The number of benzene rings is 1. The molecule has 2 heterocycles. The fourth-order valence-corrected chi connectivity index (χ4v) is 3.18. The standard InChI is InChI=1S/C20H28N6O2.HI/c1-16-7-4-5-8-18(16)28-12-6-9-22-20(21-2)25-10-11-26(19(27)15-25)17-13-23-24(3)14-17;/h4-5,7-8,13-14H,6,9-12,15H2,1-3H3,(H,21,22);1H. The number of hydrogen-bond acceptors (Lipinski definition) is 4. The molecule has 1 saturated heterocycles. The Morgan fingerprint density at radius 2 is 2.10 bits per heavy atom. The van der Waals surface area contributed by atoms with E-state index < -0.39 is 0 Å². The van der Waals surface area contributed by atoms with Crippen molar-refractivity contribution in [3.05, 3.63) is 42.2 Å². The van der Waals surface area contributed by atoms with Crippen molar-refractivity contribution in [3.8, 4) is 5.75 Å². The predicted molar refractivity (Wildman–Crippen MR) is 125 cm³/mol. The van der Waals surface area contributed by atoms with Crippen LogP contribution in [0.1, 0.15) is 12.0 Å². The van der Waals surface area contributed by atoms with Crippen LogP contribution >= 0.6 is 24.0 Å². The van der Waals surface area contributed by atoms with Crippen molar-refractivity contribution in [2.45, 2.75) is 13.3 Å². The molecule has 3 rings (SSSR count). The molecule has 0 aliphatic carbocycles. The number of carbonyl (C=O) groups is 1. The van der Waals surface area contributed by atoms with E-state index in [-0.39, 0.29) is 29.9 Å². The van der Waals surface area contributed by atoms with Crippen LogP contribution in [0.2, 0.25) is 0 Å². The predicted octanol–water partition coefficient (Wildman–Crippen LogP) is 2.04. The Morgan fingerprint density at radius 3 is 2.76 bits per heavy atom. The number of aromatic nitrogens is 2. The van der Waals surface area contributed by atoms with Gasteiger partial charge in [0, 0.05) is 39.9 Å². The number of rotatable bonds is 6. The fourth-order valence-electron chi connectivity index (χ4n) is 3.18. The lowest BCUT2D eigenvalue weighted by atomic mass is 10.2. The Balaban J connectivity index is 0.00000300. The minimum Gasteiger partial charge on any atom is -0.493 e. The summed E-state index contributed by atoms with van der Waals surface area (Å²) in [6.45, 7) is 5.03. The first-order chi connectivity index (χ1) is 13.6. The highest BCUT2D eigenvalue weighted by molar-refractivity contribution is 14.0. The zero-order chi connectivity index (χ0) is 19.9. The average Bonchev–Trinajstić information content (AvgIpc) is 3.12. The van der Waals surface area contributed by atoms with Crippen molar-refractivity contribution in [1.29, 1.82) is 0 Å². The first-order valence-electron chi connectivity index (χ1n) is 9.51. The molecule has 1 amide bonds. The summed E-state index contributed by atoms with van der Waals surface area (Å²) in [5, 5.41) is 7.47. The third-order valence-corrected chi connectivity index (χ3v) is 4.69. The molecule has 1 aromatic carbocycles. The van der Waals surface area contributed by atoms with Gasteiger partial charge in [-0.1, -0.05) is 18.2 Å². The molecule has 29 heavy (non-hydrogen) atoms. The van der Waals surface area contributed by atoms with Crippen LogP contribution < -0.4 is 15.0 Å². The molecule has 0 unspecified atom stereocenters. The lowest BCUT2D eigenvalue weighted by Gasteiger charge is -2.35. The molecule has 158 valence electrons. The quantitative estimate of drug-likeness (QED) is 0.278. The Kier molecular flexibility index (Phi) is 8.74. The van der Waals surface area contributed by atoms with Crippen molar-refractivity contribution in [2.75, 3.05) is 44.7 Å². The molecule has 0 atom stereocenters. The molecule has 1 fully saturated rings. The number of nitrogens with one attached hydrogen (secondary N) is 1. The second kappa shape index (κ2) is 11.0. The maximum Gasteiger partial charge on any atom is 0.246 e. The molecule has 0 bridgehead atoms. The monoisotopic (exact) mass is 512 g/mol. The summed E-state index contributed by atoms with van der Waals surface area (Å²) in [6.07, 6.45) is 4.42. The van der Waals surface area contributed by atoms with Crippen LogP contribution in [-0.4, -0.2) is 66.4 Å². The lowest BCUT2D eigenvalue weighted by Crippen LogP contribution is -2.55. The summed E-state index contributed by atoms with van der Waals surface area (Å²) in [7, 11) is 3.59. The maximum atomic E-state index is 12.5. The minimum absolute atomic E-state index is 0. The van der Waals surface area contributed by atoms with E-state index in [1.807, 2.05) is 49.3 Å². The summed E-state index contributed by atoms with van der Waals surface area (Å²) in [6, 6.07) is 8.00. The van der Waals surface area contributed by atoms with Gasteiger partial charge in [0.1, 0.15) is 12.3 Å². The van der Waals surface area contributed by atoms with Gasteiger partial charge in [0.15, 0.2) is 5.96 Å². The number of ether oxygens (including phenoxy) is 1. The molecule has 2 aromatic rings. The number of anilines is 1. The van der Waals surface area contributed by atoms with Crippen molar-refractivity contribution < 1.29 is 9.53 Å². The van der Waals surface area contributed by atoms with Gasteiger partial charge in [0.2, 0.25) is 5.91 Å². The molecule has 1 aliphatic heterocycles. The molecule has 1 N–H and O–H groups in total. The summed E-state index contributed by atoms with van der Waals surface area (Å²) < 4.78 is 7.52. The third-order valence-electron chi connectivity index (χ3n) is 4.69. The van der Waals surface area contributed by atoms with E-state index in [9.17, 15) is 4.79 Å². The van der Waals surface area contributed by atoms with Gasteiger partial charge in [-0.15, -0.1) is 24.0 Å². The Labute approximate surface area is 188 Å². The van der Waals surface area contributed by atoms with E-state index in [0.717, 1.165) is 42.5 Å². The van der Waals surface area contributed by atoms with Crippen LogP contribution in [0.3, 0.4) is 0 Å². The van der Waals surface area contributed by atoms with Gasteiger partial charge in [-0.25, -0.2) is 0 Å². The van der Waals surface area contributed by atoms with E-state index in [0.29, 0.717) is 19.7 Å². The molecule has 8 nitrogen and oxygen atoms in total. The Bertz CT molecular complexity index is 838. The lowest BCUT2D eigenvalue weighted by molar-refractivity contribution is -0.120. The number of piperazine rings is 1. The summed E-state index contributed by atoms with van der Waals surface area (Å²) in [4.78, 5) is 20.6. The zero-order valence-corrected chi connectivity index (χ0v) is 19.5.